The van der Waals surface area contributed by atoms with Crippen molar-refractivity contribution in [2.24, 2.45) is 0 Å². The van der Waals surface area contributed by atoms with E-state index in [1.807, 2.05) is 42.5 Å². The summed E-state index contributed by atoms with van der Waals surface area (Å²) in [6, 6.07) is 13.2. The van der Waals surface area contributed by atoms with Gasteiger partial charge in [-0.2, -0.15) is 0 Å². The number of ether oxygens (including phenoxy) is 1. The van der Waals surface area contributed by atoms with Crippen LogP contribution in [0.3, 0.4) is 0 Å². The maximum Gasteiger partial charge on any atom is 0.321 e. The van der Waals surface area contributed by atoms with Crippen molar-refractivity contribution in [1.29, 1.82) is 0 Å². The number of hydrogen-bond acceptors (Lipinski definition) is 4. The Morgan fingerprint density at radius 2 is 1.78 bits per heavy atom. The molecule has 0 saturated heterocycles. The Morgan fingerprint density at radius 3 is 2.52 bits per heavy atom. The third-order valence-electron chi connectivity index (χ3n) is 4.77. The molecule has 1 fully saturated rings. The molecule has 0 bridgehead atoms. The fraction of sp³-hybridized carbons (Fsp3) is 0.381. The average molecular weight is 368 g/mol. The highest BCUT2D eigenvalue weighted by Gasteiger charge is 2.22. The molecule has 27 heavy (non-hydrogen) atoms. The maximum atomic E-state index is 12.1. The van der Waals surface area contributed by atoms with Crippen molar-refractivity contribution in [2.45, 2.75) is 51.2 Å². The topological polar surface area (TPSA) is 84.5 Å². The molecule has 1 atom stereocenters. The van der Waals surface area contributed by atoms with Crippen molar-refractivity contribution in [1.82, 2.24) is 10.6 Å². The summed E-state index contributed by atoms with van der Waals surface area (Å²) in [5, 5.41) is 7.13. The van der Waals surface area contributed by atoms with Crippen LogP contribution in [-0.4, -0.2) is 30.1 Å². The monoisotopic (exact) mass is 368 g/mol. The number of imide groups is 1. The Hall–Kier alpha value is -2.89. The number of amides is 3. The van der Waals surface area contributed by atoms with E-state index < -0.39 is 24.0 Å². The highest BCUT2D eigenvalue weighted by Crippen LogP contribution is 2.17. The predicted molar refractivity (Wildman–Crippen MR) is 102 cm³/mol. The van der Waals surface area contributed by atoms with Crippen LogP contribution in [0, 0.1) is 0 Å². The van der Waals surface area contributed by atoms with E-state index >= 15 is 0 Å². The molecule has 1 aliphatic carbocycles. The molecule has 2 aromatic rings. The van der Waals surface area contributed by atoms with Gasteiger partial charge in [-0.25, -0.2) is 4.79 Å². The lowest BCUT2D eigenvalue weighted by molar-refractivity contribution is -0.153. The number of esters is 1. The summed E-state index contributed by atoms with van der Waals surface area (Å²) in [6.45, 7) is 1.45. The zero-order valence-corrected chi connectivity index (χ0v) is 15.4. The van der Waals surface area contributed by atoms with E-state index in [0.29, 0.717) is 0 Å². The molecule has 0 radical (unpaired) electrons. The Labute approximate surface area is 158 Å². The highest BCUT2D eigenvalue weighted by molar-refractivity contribution is 5.97. The molecular formula is C21H24N2O4. The van der Waals surface area contributed by atoms with Gasteiger partial charge in [0.25, 0.3) is 5.91 Å². The number of benzene rings is 2. The second-order valence-corrected chi connectivity index (χ2v) is 6.93. The number of carbonyl (C=O) groups excluding carboxylic acids is 3. The molecule has 0 spiro atoms. The molecule has 3 amide bonds. The van der Waals surface area contributed by atoms with Gasteiger partial charge in [0.05, 0.1) is 6.42 Å². The van der Waals surface area contributed by atoms with Crippen molar-refractivity contribution in [2.75, 3.05) is 0 Å². The van der Waals surface area contributed by atoms with Crippen molar-refractivity contribution in [3.8, 4) is 0 Å². The molecule has 1 saturated carbocycles. The van der Waals surface area contributed by atoms with Gasteiger partial charge in [-0.3, -0.25) is 14.9 Å². The van der Waals surface area contributed by atoms with Crippen LogP contribution in [0.25, 0.3) is 10.8 Å². The van der Waals surface area contributed by atoms with Crippen molar-refractivity contribution in [3.05, 3.63) is 48.0 Å². The van der Waals surface area contributed by atoms with E-state index in [4.69, 9.17) is 4.74 Å². The van der Waals surface area contributed by atoms with Gasteiger partial charge in [-0.1, -0.05) is 55.3 Å². The van der Waals surface area contributed by atoms with Crippen LogP contribution in [0.1, 0.15) is 38.2 Å². The Kier molecular flexibility index (Phi) is 6.06. The average Bonchev–Trinajstić information content (AvgIpc) is 3.14. The van der Waals surface area contributed by atoms with Crippen molar-refractivity contribution < 1.29 is 19.1 Å². The number of hydrogen-bond donors (Lipinski definition) is 2. The fourth-order valence-corrected chi connectivity index (χ4v) is 3.31. The summed E-state index contributed by atoms with van der Waals surface area (Å²) in [6.07, 6.45) is 3.06. The largest absolute Gasteiger partial charge is 0.452 e. The fourth-order valence-electron chi connectivity index (χ4n) is 3.31. The number of rotatable bonds is 5. The van der Waals surface area contributed by atoms with E-state index in [0.717, 1.165) is 42.0 Å². The number of urea groups is 1. The minimum Gasteiger partial charge on any atom is -0.452 e. The van der Waals surface area contributed by atoms with E-state index in [-0.39, 0.29) is 12.5 Å². The van der Waals surface area contributed by atoms with Gasteiger partial charge < -0.3 is 10.1 Å². The van der Waals surface area contributed by atoms with Crippen LogP contribution in [-0.2, 0) is 20.7 Å². The SMILES string of the molecule is CC(OC(=O)Cc1ccc2ccccc2c1)C(=O)NC(=O)NC1CCCC1. The molecule has 0 aromatic heterocycles. The van der Waals surface area contributed by atoms with Crippen LogP contribution in [0.4, 0.5) is 4.79 Å². The molecule has 142 valence electrons. The minimum absolute atomic E-state index is 0.0662. The molecule has 2 aromatic carbocycles. The van der Waals surface area contributed by atoms with Gasteiger partial charge in [0.15, 0.2) is 6.10 Å². The molecule has 0 aliphatic heterocycles. The number of fused-ring (bicyclic) bond motifs is 1. The highest BCUT2D eigenvalue weighted by atomic mass is 16.5. The van der Waals surface area contributed by atoms with Gasteiger partial charge in [-0.15, -0.1) is 0 Å². The lowest BCUT2D eigenvalue weighted by Crippen LogP contribution is -2.47. The summed E-state index contributed by atoms with van der Waals surface area (Å²) in [5.74, 6) is -1.14. The standard InChI is InChI=1S/C21H24N2O4/c1-14(20(25)23-21(26)22-18-8-4-5-9-18)27-19(24)13-15-10-11-16-6-2-3-7-17(16)12-15/h2-3,6-7,10-12,14,18H,4-5,8-9,13H2,1H3,(H2,22,23,25,26). The van der Waals surface area contributed by atoms with Crippen LogP contribution in [0.2, 0.25) is 0 Å². The Morgan fingerprint density at radius 1 is 1.07 bits per heavy atom. The van der Waals surface area contributed by atoms with Gasteiger partial charge in [0, 0.05) is 6.04 Å². The van der Waals surface area contributed by atoms with E-state index in [9.17, 15) is 14.4 Å². The summed E-state index contributed by atoms with van der Waals surface area (Å²) in [4.78, 5) is 36.0. The first-order chi connectivity index (χ1) is 13.0. The quantitative estimate of drug-likeness (QED) is 0.795. The molecule has 1 aliphatic rings. The zero-order valence-electron chi connectivity index (χ0n) is 15.4. The van der Waals surface area contributed by atoms with Crippen LogP contribution in [0.5, 0.6) is 0 Å². The number of carbonyl (C=O) groups is 3. The molecule has 0 heterocycles. The zero-order chi connectivity index (χ0) is 19.2. The second kappa shape index (κ2) is 8.66. The number of nitrogens with one attached hydrogen (secondary N) is 2. The normalized spacial score (nSPS) is 15.3. The summed E-state index contributed by atoms with van der Waals surface area (Å²) in [7, 11) is 0. The predicted octanol–water partition coefficient (Wildman–Crippen LogP) is 3.08. The third-order valence-corrected chi connectivity index (χ3v) is 4.77. The van der Waals surface area contributed by atoms with Crippen molar-refractivity contribution >= 4 is 28.7 Å². The minimum atomic E-state index is -1.03. The van der Waals surface area contributed by atoms with E-state index in [2.05, 4.69) is 10.6 Å². The maximum absolute atomic E-state index is 12.1. The molecule has 6 nitrogen and oxygen atoms in total. The van der Waals surface area contributed by atoms with Gasteiger partial charge in [-0.05, 0) is 36.1 Å². The van der Waals surface area contributed by atoms with Crippen molar-refractivity contribution in [3.63, 3.8) is 0 Å². The van der Waals surface area contributed by atoms with Crippen LogP contribution < -0.4 is 10.6 Å². The van der Waals surface area contributed by atoms with Gasteiger partial charge in [0.2, 0.25) is 0 Å². The molecule has 3 rings (SSSR count). The van der Waals surface area contributed by atoms with E-state index in [1.165, 1.54) is 6.92 Å². The summed E-state index contributed by atoms with van der Waals surface area (Å²) < 4.78 is 5.17. The molecular weight excluding hydrogens is 344 g/mol. The van der Waals surface area contributed by atoms with Gasteiger partial charge >= 0.3 is 12.0 Å². The third kappa shape index (κ3) is 5.29. The smallest absolute Gasteiger partial charge is 0.321 e. The first-order valence-corrected chi connectivity index (χ1v) is 9.30. The lowest BCUT2D eigenvalue weighted by atomic mass is 10.1. The Bertz CT molecular complexity index is 843. The lowest BCUT2D eigenvalue weighted by Gasteiger charge is -2.15. The first-order valence-electron chi connectivity index (χ1n) is 9.30. The molecule has 1 unspecified atom stereocenters. The van der Waals surface area contributed by atoms with Gasteiger partial charge in [0.1, 0.15) is 0 Å². The first kappa shape index (κ1) is 18.9. The Balaban J connectivity index is 1.48. The summed E-state index contributed by atoms with van der Waals surface area (Å²) in [5.41, 5.74) is 0.810. The molecule has 6 heteroatoms. The van der Waals surface area contributed by atoms with Crippen LogP contribution in [0.15, 0.2) is 42.5 Å². The van der Waals surface area contributed by atoms with E-state index in [1.54, 1.807) is 0 Å². The summed E-state index contributed by atoms with van der Waals surface area (Å²) >= 11 is 0. The second-order valence-electron chi connectivity index (χ2n) is 6.93. The van der Waals surface area contributed by atoms with Crippen LogP contribution >= 0.6 is 0 Å². The molecule has 2 N–H and O–H groups in total.